The van der Waals surface area contributed by atoms with Crippen molar-refractivity contribution in [3.05, 3.63) is 125 Å². The van der Waals surface area contributed by atoms with Crippen LogP contribution in [0, 0.1) is 6.92 Å². The van der Waals surface area contributed by atoms with Crippen molar-refractivity contribution in [2.24, 2.45) is 0 Å². The Bertz CT molecular complexity index is 1350. The van der Waals surface area contributed by atoms with E-state index in [0.717, 1.165) is 16.0 Å². The van der Waals surface area contributed by atoms with Crippen molar-refractivity contribution in [3.8, 4) is 0 Å². The van der Waals surface area contributed by atoms with Crippen LogP contribution in [-0.2, 0) is 4.79 Å². The number of carbonyl (C=O) groups excluding carboxylic acids is 3. The molecule has 0 aliphatic carbocycles. The van der Waals surface area contributed by atoms with Crippen molar-refractivity contribution >= 4 is 40.7 Å². The lowest BCUT2D eigenvalue weighted by Gasteiger charge is -2.17. The summed E-state index contributed by atoms with van der Waals surface area (Å²) in [4.78, 5) is 38.2. The predicted molar refractivity (Wildman–Crippen MR) is 146 cm³/mol. The fourth-order valence-electron chi connectivity index (χ4n) is 3.56. The predicted octanol–water partition coefficient (Wildman–Crippen LogP) is 6.92. The maximum absolute atomic E-state index is 13.3. The smallest absolute Gasteiger partial charge is 0.255 e. The van der Waals surface area contributed by atoms with Gasteiger partial charge in [-0.2, -0.15) is 0 Å². The van der Waals surface area contributed by atoms with E-state index >= 15 is 0 Å². The lowest BCUT2D eigenvalue weighted by atomic mass is 10.1. The molecule has 0 saturated heterocycles. The summed E-state index contributed by atoms with van der Waals surface area (Å²) in [6.07, 6.45) is 0. The first-order chi connectivity index (χ1) is 17.4. The third kappa shape index (κ3) is 6.49. The molecule has 5 nitrogen and oxygen atoms in total. The first-order valence-corrected chi connectivity index (χ1v) is 12.4. The fourth-order valence-corrected chi connectivity index (χ4v) is 4.58. The number of amides is 2. The highest BCUT2D eigenvalue weighted by Crippen LogP contribution is 2.36. The Balaban J connectivity index is 1.47. The van der Waals surface area contributed by atoms with Crippen LogP contribution in [0.15, 0.2) is 108 Å². The Morgan fingerprint density at radius 3 is 1.83 bits per heavy atom. The molecule has 4 aromatic rings. The molecule has 0 saturated carbocycles. The van der Waals surface area contributed by atoms with Gasteiger partial charge in [-0.3, -0.25) is 14.4 Å². The maximum atomic E-state index is 13.3. The Morgan fingerprint density at radius 2 is 1.22 bits per heavy atom. The molecule has 36 heavy (non-hydrogen) atoms. The first-order valence-electron chi connectivity index (χ1n) is 11.5. The van der Waals surface area contributed by atoms with E-state index in [4.69, 9.17) is 0 Å². The maximum Gasteiger partial charge on any atom is 0.255 e. The largest absolute Gasteiger partial charge is 0.325 e. The second-order valence-corrected chi connectivity index (χ2v) is 9.55. The number of nitrogens with one attached hydrogen (secondary N) is 2. The molecule has 0 bridgehead atoms. The fraction of sp³-hybridized carbons (Fsp3) is 0.100. The average Bonchev–Trinajstić information content (AvgIpc) is 2.89. The minimum atomic E-state index is -0.494. The molecule has 0 fully saturated rings. The van der Waals surface area contributed by atoms with Gasteiger partial charge in [0.25, 0.3) is 5.91 Å². The van der Waals surface area contributed by atoms with Gasteiger partial charge in [0.1, 0.15) is 5.25 Å². The Kier molecular flexibility index (Phi) is 7.98. The molecular formula is C30H26N2O3S. The molecule has 0 aromatic heterocycles. The summed E-state index contributed by atoms with van der Waals surface area (Å²) in [5, 5.41) is 5.37. The van der Waals surface area contributed by atoms with Crippen molar-refractivity contribution in [1.29, 1.82) is 0 Å². The van der Waals surface area contributed by atoms with Crippen LogP contribution in [0.3, 0.4) is 0 Å². The van der Waals surface area contributed by atoms with Gasteiger partial charge in [0, 0.05) is 27.4 Å². The summed E-state index contributed by atoms with van der Waals surface area (Å²) < 4.78 is 0. The zero-order valence-electron chi connectivity index (χ0n) is 20.0. The molecule has 180 valence electrons. The van der Waals surface area contributed by atoms with Gasteiger partial charge in [0.15, 0.2) is 5.78 Å². The minimum Gasteiger partial charge on any atom is -0.325 e. The van der Waals surface area contributed by atoms with Crippen LogP contribution in [0.25, 0.3) is 0 Å². The number of carbonyl (C=O) groups is 3. The lowest BCUT2D eigenvalue weighted by Crippen LogP contribution is -2.19. The highest BCUT2D eigenvalue weighted by molar-refractivity contribution is 8.00. The normalized spacial score (nSPS) is 11.4. The lowest BCUT2D eigenvalue weighted by molar-refractivity contribution is -0.115. The quantitative estimate of drug-likeness (QED) is 0.206. The molecule has 0 heterocycles. The molecule has 0 aliphatic rings. The zero-order valence-corrected chi connectivity index (χ0v) is 20.8. The van der Waals surface area contributed by atoms with Crippen molar-refractivity contribution in [2.75, 3.05) is 10.6 Å². The van der Waals surface area contributed by atoms with E-state index in [0.29, 0.717) is 22.5 Å². The van der Waals surface area contributed by atoms with Gasteiger partial charge in [0.2, 0.25) is 5.91 Å². The van der Waals surface area contributed by atoms with E-state index in [2.05, 4.69) is 10.6 Å². The van der Waals surface area contributed by atoms with E-state index in [1.54, 1.807) is 36.4 Å². The molecule has 0 spiro atoms. The zero-order chi connectivity index (χ0) is 25.5. The van der Waals surface area contributed by atoms with Gasteiger partial charge in [-0.15, -0.1) is 11.8 Å². The van der Waals surface area contributed by atoms with Gasteiger partial charge in [-0.1, -0.05) is 48.0 Å². The van der Waals surface area contributed by atoms with Gasteiger partial charge in [0.05, 0.1) is 0 Å². The number of rotatable bonds is 8. The van der Waals surface area contributed by atoms with Crippen molar-refractivity contribution in [3.63, 3.8) is 0 Å². The molecule has 6 heteroatoms. The van der Waals surface area contributed by atoms with Crippen molar-refractivity contribution in [2.45, 2.75) is 24.0 Å². The topological polar surface area (TPSA) is 75.3 Å². The van der Waals surface area contributed by atoms with Crippen LogP contribution in [0.1, 0.15) is 44.0 Å². The molecule has 2 amide bonds. The number of ketones is 1. The molecule has 0 radical (unpaired) electrons. The van der Waals surface area contributed by atoms with Crippen LogP contribution in [0.4, 0.5) is 11.4 Å². The third-order valence-electron chi connectivity index (χ3n) is 5.58. The van der Waals surface area contributed by atoms with E-state index in [-0.39, 0.29) is 17.6 Å². The molecule has 4 aromatic carbocycles. The second kappa shape index (κ2) is 11.5. The molecule has 4 rings (SSSR count). The minimum absolute atomic E-state index is 0.0240. The average molecular weight is 495 g/mol. The van der Waals surface area contributed by atoms with Gasteiger partial charge < -0.3 is 10.6 Å². The molecule has 0 aliphatic heterocycles. The monoisotopic (exact) mass is 494 g/mol. The Morgan fingerprint density at radius 1 is 0.667 bits per heavy atom. The highest BCUT2D eigenvalue weighted by Gasteiger charge is 2.22. The number of hydrogen-bond donors (Lipinski definition) is 2. The van der Waals surface area contributed by atoms with Gasteiger partial charge in [-0.05, 0) is 80.1 Å². The van der Waals surface area contributed by atoms with Gasteiger partial charge in [-0.25, -0.2) is 0 Å². The Hall–Kier alpha value is -4.16. The molecule has 1 atom stereocenters. The number of anilines is 2. The summed E-state index contributed by atoms with van der Waals surface area (Å²) in [7, 11) is 0. The summed E-state index contributed by atoms with van der Waals surface area (Å²) in [6.45, 7) is 3.49. The molecule has 1 unspecified atom stereocenters. The molecule has 2 N–H and O–H groups in total. The SMILES string of the molecule is CC(=O)c1ccc(NC(=O)C(Sc2ccc(NC(=O)c3ccc(C)cc3)cc2)c2ccccc2)cc1. The van der Waals surface area contributed by atoms with E-state index in [9.17, 15) is 14.4 Å². The summed E-state index contributed by atoms with van der Waals surface area (Å²) in [5.41, 5.74) is 4.46. The van der Waals surface area contributed by atoms with E-state index < -0.39 is 5.25 Å². The summed E-state index contributed by atoms with van der Waals surface area (Å²) in [6, 6.07) is 31.3. The number of benzene rings is 4. The van der Waals surface area contributed by atoms with E-state index in [1.807, 2.05) is 73.7 Å². The van der Waals surface area contributed by atoms with E-state index in [1.165, 1.54) is 18.7 Å². The Labute approximate surface area is 214 Å². The van der Waals surface area contributed by atoms with Crippen LogP contribution in [-0.4, -0.2) is 17.6 Å². The third-order valence-corrected chi connectivity index (χ3v) is 6.85. The highest BCUT2D eigenvalue weighted by atomic mass is 32.2. The van der Waals surface area contributed by atoms with Gasteiger partial charge >= 0.3 is 0 Å². The van der Waals surface area contributed by atoms with Crippen molar-refractivity contribution in [1.82, 2.24) is 0 Å². The first kappa shape index (κ1) is 24.9. The number of aryl methyl sites for hydroxylation is 1. The number of thioether (sulfide) groups is 1. The van der Waals surface area contributed by atoms with Crippen LogP contribution < -0.4 is 10.6 Å². The summed E-state index contributed by atoms with van der Waals surface area (Å²) in [5.74, 6) is -0.365. The number of Topliss-reactive ketones (excluding diaryl/α,β-unsaturated/α-hetero) is 1. The standard InChI is InChI=1S/C30H26N2O3S/c1-20-8-10-24(11-9-20)29(34)31-26-16-18-27(19-17-26)36-28(23-6-4-3-5-7-23)30(35)32-25-14-12-22(13-15-25)21(2)33/h3-19,28H,1-2H3,(H,31,34)(H,32,35). The summed E-state index contributed by atoms with van der Waals surface area (Å²) >= 11 is 1.42. The molecular weight excluding hydrogens is 468 g/mol. The number of hydrogen-bond acceptors (Lipinski definition) is 4. The van der Waals surface area contributed by atoms with Crippen LogP contribution in [0.5, 0.6) is 0 Å². The van der Waals surface area contributed by atoms with Crippen LogP contribution >= 0.6 is 11.8 Å². The van der Waals surface area contributed by atoms with Crippen LogP contribution in [0.2, 0.25) is 0 Å². The second-order valence-electron chi connectivity index (χ2n) is 8.38. The van der Waals surface area contributed by atoms with Crippen molar-refractivity contribution < 1.29 is 14.4 Å².